The second-order valence-electron chi connectivity index (χ2n) is 3.21. The van der Waals surface area contributed by atoms with Gasteiger partial charge < -0.3 is 10.1 Å². The van der Waals surface area contributed by atoms with E-state index >= 15 is 0 Å². The molecule has 1 aromatic rings. The lowest BCUT2D eigenvalue weighted by Gasteiger charge is -2.29. The summed E-state index contributed by atoms with van der Waals surface area (Å²) in [5.74, 6) is 0.278. The Balaban J connectivity index is 0.00000112. The molecule has 0 radical (unpaired) electrons. The van der Waals surface area contributed by atoms with E-state index in [1.807, 2.05) is 12.1 Å². The summed E-state index contributed by atoms with van der Waals surface area (Å²) in [7, 11) is 0. The van der Waals surface area contributed by atoms with Crippen LogP contribution in [-0.2, 0) is 0 Å². The van der Waals surface area contributed by atoms with Gasteiger partial charge in [-0.3, -0.25) is 0 Å². The zero-order valence-electron chi connectivity index (χ0n) is 7.95. The Labute approximate surface area is 93.0 Å². The lowest BCUT2D eigenvalue weighted by molar-refractivity contribution is -0.0509. The molecule has 1 N–H and O–H groups in total. The molecule has 0 spiro atoms. The number of nitrogens with one attached hydrogen (secondary N) is 1. The molecule has 5 heteroatoms. The van der Waals surface area contributed by atoms with Gasteiger partial charge in [0.15, 0.2) is 0 Å². The lowest BCUT2D eigenvalue weighted by Crippen LogP contribution is -2.35. The first kappa shape index (κ1) is 12.2. The highest BCUT2D eigenvalue weighted by atomic mass is 35.5. The van der Waals surface area contributed by atoms with E-state index in [9.17, 15) is 8.78 Å². The van der Waals surface area contributed by atoms with Gasteiger partial charge in [0.25, 0.3) is 0 Å². The summed E-state index contributed by atoms with van der Waals surface area (Å²) in [5.41, 5.74) is 0.819. The number of rotatable bonds is 3. The molecule has 84 valence electrons. The fourth-order valence-corrected chi connectivity index (χ4v) is 1.53. The van der Waals surface area contributed by atoms with E-state index in [1.165, 1.54) is 0 Å². The third kappa shape index (κ3) is 2.79. The van der Waals surface area contributed by atoms with Gasteiger partial charge in [-0.25, -0.2) is 0 Å². The summed E-state index contributed by atoms with van der Waals surface area (Å²) < 4.78 is 28.5. The molecule has 1 aromatic carbocycles. The summed E-state index contributed by atoms with van der Waals surface area (Å²) in [6, 6.07) is 7.08. The Hall–Kier alpha value is -0.870. The van der Waals surface area contributed by atoms with Gasteiger partial charge in [-0.2, -0.15) is 8.78 Å². The minimum absolute atomic E-state index is 0. The van der Waals surface area contributed by atoms with Crippen molar-refractivity contribution in [1.82, 2.24) is 5.32 Å². The summed E-state index contributed by atoms with van der Waals surface area (Å²) in [6.45, 7) is -1.82. The quantitative estimate of drug-likeness (QED) is 0.870. The highest BCUT2D eigenvalue weighted by molar-refractivity contribution is 5.85. The maximum atomic E-state index is 12.0. The van der Waals surface area contributed by atoms with Crippen LogP contribution in [0.15, 0.2) is 24.3 Å². The molecule has 2 rings (SSSR count). The number of para-hydroxylation sites is 1. The Kier molecular flexibility index (Phi) is 4.29. The van der Waals surface area contributed by atoms with Gasteiger partial charge >= 0.3 is 6.61 Å². The maximum Gasteiger partial charge on any atom is 0.387 e. The number of halogens is 3. The van der Waals surface area contributed by atoms with Crippen molar-refractivity contribution in [2.45, 2.75) is 19.1 Å². The van der Waals surface area contributed by atoms with Gasteiger partial charge in [0.2, 0.25) is 0 Å². The van der Waals surface area contributed by atoms with Crippen LogP contribution >= 0.6 is 12.4 Å². The SMILES string of the molecule is Cl.FC(F)Oc1ccccc1[C@H]1CCN1. The van der Waals surface area contributed by atoms with Gasteiger partial charge in [-0.05, 0) is 19.0 Å². The zero-order chi connectivity index (χ0) is 9.97. The predicted molar refractivity (Wildman–Crippen MR) is 55.7 cm³/mol. The molecule has 2 nitrogen and oxygen atoms in total. The van der Waals surface area contributed by atoms with Crippen molar-refractivity contribution in [3.8, 4) is 5.75 Å². The largest absolute Gasteiger partial charge is 0.434 e. The zero-order valence-corrected chi connectivity index (χ0v) is 8.77. The minimum Gasteiger partial charge on any atom is -0.434 e. The fourth-order valence-electron chi connectivity index (χ4n) is 1.53. The van der Waals surface area contributed by atoms with Crippen LogP contribution in [0, 0.1) is 0 Å². The van der Waals surface area contributed by atoms with Crippen LogP contribution in [0.1, 0.15) is 18.0 Å². The number of hydrogen-bond acceptors (Lipinski definition) is 2. The van der Waals surface area contributed by atoms with Gasteiger partial charge in [0.1, 0.15) is 5.75 Å². The third-order valence-electron chi connectivity index (χ3n) is 2.33. The smallest absolute Gasteiger partial charge is 0.387 e. The maximum absolute atomic E-state index is 12.0. The van der Waals surface area contributed by atoms with Crippen molar-refractivity contribution in [3.05, 3.63) is 29.8 Å². The first-order valence-electron chi connectivity index (χ1n) is 4.54. The Morgan fingerprint density at radius 1 is 1.33 bits per heavy atom. The van der Waals surface area contributed by atoms with Crippen molar-refractivity contribution in [3.63, 3.8) is 0 Å². The second kappa shape index (κ2) is 5.28. The summed E-state index contributed by atoms with van der Waals surface area (Å²) in [4.78, 5) is 0. The third-order valence-corrected chi connectivity index (χ3v) is 2.33. The molecule has 1 saturated heterocycles. The van der Waals surface area contributed by atoms with Crippen LogP contribution in [0.3, 0.4) is 0 Å². The Morgan fingerprint density at radius 2 is 2.00 bits per heavy atom. The second-order valence-corrected chi connectivity index (χ2v) is 3.21. The van der Waals surface area contributed by atoms with Gasteiger partial charge in [-0.15, -0.1) is 12.4 Å². The van der Waals surface area contributed by atoms with E-state index in [1.54, 1.807) is 12.1 Å². The molecule has 0 aromatic heterocycles. The Bertz CT molecular complexity index is 318. The topological polar surface area (TPSA) is 21.3 Å². The van der Waals surface area contributed by atoms with Gasteiger partial charge in [0, 0.05) is 11.6 Å². The lowest BCUT2D eigenvalue weighted by atomic mass is 9.97. The standard InChI is InChI=1S/C10H11F2NO.ClH/c11-10(12)14-9-4-2-1-3-7(9)8-5-6-13-8;/h1-4,8,10,13H,5-6H2;1H/t8-;/m1./s1. The van der Waals surface area contributed by atoms with Crippen molar-refractivity contribution in [1.29, 1.82) is 0 Å². The summed E-state index contributed by atoms with van der Waals surface area (Å²) >= 11 is 0. The molecule has 0 aliphatic carbocycles. The van der Waals surface area contributed by atoms with E-state index in [0.29, 0.717) is 0 Å². The first-order chi connectivity index (χ1) is 6.77. The first-order valence-corrected chi connectivity index (χ1v) is 4.54. The number of benzene rings is 1. The van der Waals surface area contributed by atoms with Crippen molar-refractivity contribution >= 4 is 12.4 Å². The summed E-state index contributed by atoms with van der Waals surface area (Å²) in [6.07, 6.45) is 0.976. The normalized spacial score (nSPS) is 19.3. The molecule has 1 heterocycles. The molecule has 1 aliphatic heterocycles. The molecule has 1 fully saturated rings. The van der Waals surface area contributed by atoms with Crippen LogP contribution in [-0.4, -0.2) is 13.2 Å². The van der Waals surface area contributed by atoms with Crippen LogP contribution in [0.2, 0.25) is 0 Å². The van der Waals surface area contributed by atoms with E-state index in [0.717, 1.165) is 18.5 Å². The van der Waals surface area contributed by atoms with E-state index < -0.39 is 6.61 Å². The number of ether oxygens (including phenoxy) is 1. The number of hydrogen-bond donors (Lipinski definition) is 1. The molecular formula is C10H12ClF2NO. The Morgan fingerprint density at radius 3 is 2.53 bits per heavy atom. The molecule has 15 heavy (non-hydrogen) atoms. The van der Waals surface area contributed by atoms with Crippen LogP contribution < -0.4 is 10.1 Å². The van der Waals surface area contributed by atoms with Crippen molar-refractivity contribution in [2.24, 2.45) is 0 Å². The highest BCUT2D eigenvalue weighted by Crippen LogP contribution is 2.31. The molecule has 0 saturated carbocycles. The van der Waals surface area contributed by atoms with Crippen LogP contribution in [0.25, 0.3) is 0 Å². The molecule has 0 amide bonds. The van der Waals surface area contributed by atoms with Crippen molar-refractivity contribution < 1.29 is 13.5 Å². The van der Waals surface area contributed by atoms with Crippen LogP contribution in [0.4, 0.5) is 8.78 Å². The van der Waals surface area contributed by atoms with Gasteiger partial charge in [-0.1, -0.05) is 18.2 Å². The molecule has 0 unspecified atom stereocenters. The summed E-state index contributed by atoms with van der Waals surface area (Å²) in [5, 5.41) is 3.15. The molecule has 1 aliphatic rings. The minimum atomic E-state index is -2.75. The monoisotopic (exact) mass is 235 g/mol. The fraction of sp³-hybridized carbons (Fsp3) is 0.400. The van der Waals surface area contributed by atoms with Gasteiger partial charge in [0.05, 0.1) is 0 Å². The predicted octanol–water partition coefficient (Wildman–Crippen LogP) is 2.74. The number of alkyl halides is 2. The average molecular weight is 236 g/mol. The highest BCUT2D eigenvalue weighted by Gasteiger charge is 2.22. The van der Waals surface area contributed by atoms with Crippen LogP contribution in [0.5, 0.6) is 5.75 Å². The molecule has 0 bridgehead atoms. The average Bonchev–Trinajstić information content (AvgIpc) is 2.04. The van der Waals surface area contributed by atoms with E-state index in [-0.39, 0.29) is 24.2 Å². The van der Waals surface area contributed by atoms with E-state index in [4.69, 9.17) is 0 Å². The van der Waals surface area contributed by atoms with Crippen molar-refractivity contribution in [2.75, 3.05) is 6.54 Å². The molecular weight excluding hydrogens is 224 g/mol. The molecule has 1 atom stereocenters. The van der Waals surface area contributed by atoms with E-state index in [2.05, 4.69) is 10.1 Å².